The van der Waals surface area contributed by atoms with Crippen LogP contribution in [0.25, 0.3) is 0 Å². The molecular weight excluding hydrogens is 281 g/mol. The molecule has 0 bridgehead atoms. The fraction of sp³-hybridized carbons (Fsp3) is 0.611. The Labute approximate surface area is 132 Å². The Kier molecular flexibility index (Phi) is 5.57. The first-order chi connectivity index (χ1) is 10.3. The summed E-state index contributed by atoms with van der Waals surface area (Å²) in [6.07, 6.45) is 3.70. The van der Waals surface area contributed by atoms with Gasteiger partial charge in [-0.25, -0.2) is 4.39 Å². The van der Waals surface area contributed by atoms with Gasteiger partial charge in [0.2, 0.25) is 0 Å². The van der Waals surface area contributed by atoms with E-state index >= 15 is 0 Å². The van der Waals surface area contributed by atoms with Crippen LogP contribution in [0.15, 0.2) is 24.3 Å². The summed E-state index contributed by atoms with van der Waals surface area (Å²) in [6.45, 7) is 6.45. The number of hydrogen-bond donors (Lipinski definition) is 1. The number of halogens is 1. The number of hydrogen-bond acceptors (Lipinski definition) is 3. The maximum absolute atomic E-state index is 12.9. The molecule has 4 heteroatoms. The van der Waals surface area contributed by atoms with Crippen LogP contribution in [-0.2, 0) is 16.1 Å². The maximum atomic E-state index is 12.9. The minimum atomic E-state index is -0.408. The number of benzene rings is 1. The first-order valence-corrected chi connectivity index (χ1v) is 8.04. The van der Waals surface area contributed by atoms with E-state index in [9.17, 15) is 9.18 Å². The molecule has 0 heterocycles. The lowest BCUT2D eigenvalue weighted by atomic mass is 9.86. The summed E-state index contributed by atoms with van der Waals surface area (Å²) in [6, 6.07) is 6.99. The fourth-order valence-electron chi connectivity index (χ4n) is 2.78. The van der Waals surface area contributed by atoms with Crippen molar-refractivity contribution in [2.45, 2.75) is 64.6 Å². The Balaban J connectivity index is 1.73. The van der Waals surface area contributed by atoms with Gasteiger partial charge in [0, 0.05) is 12.6 Å². The van der Waals surface area contributed by atoms with Gasteiger partial charge in [-0.15, -0.1) is 0 Å². The third-order valence-corrected chi connectivity index (χ3v) is 3.98. The Morgan fingerprint density at radius 3 is 2.32 bits per heavy atom. The molecule has 3 nitrogen and oxygen atoms in total. The van der Waals surface area contributed by atoms with Crippen molar-refractivity contribution >= 4 is 5.97 Å². The molecule has 1 aromatic rings. The molecule has 22 heavy (non-hydrogen) atoms. The minimum absolute atomic E-state index is 0.0306. The van der Waals surface area contributed by atoms with Crippen molar-refractivity contribution in [1.29, 1.82) is 0 Å². The Bertz CT molecular complexity index is 485. The van der Waals surface area contributed by atoms with Crippen molar-refractivity contribution in [3.63, 3.8) is 0 Å². The van der Waals surface area contributed by atoms with Gasteiger partial charge in [0.15, 0.2) is 0 Å². The second-order valence-corrected chi connectivity index (χ2v) is 7.09. The summed E-state index contributed by atoms with van der Waals surface area (Å²) in [4.78, 5) is 12.1. The molecule has 122 valence electrons. The van der Waals surface area contributed by atoms with E-state index in [1.807, 2.05) is 20.8 Å². The van der Waals surface area contributed by atoms with E-state index in [-0.39, 0.29) is 17.7 Å². The average Bonchev–Trinajstić information content (AvgIpc) is 2.45. The first kappa shape index (κ1) is 16.9. The van der Waals surface area contributed by atoms with Crippen molar-refractivity contribution in [2.24, 2.45) is 5.92 Å². The Morgan fingerprint density at radius 2 is 1.77 bits per heavy atom. The lowest BCUT2D eigenvalue weighted by molar-refractivity contribution is -0.161. The van der Waals surface area contributed by atoms with Crippen molar-refractivity contribution < 1.29 is 13.9 Å². The molecule has 0 unspecified atom stereocenters. The summed E-state index contributed by atoms with van der Waals surface area (Å²) < 4.78 is 18.3. The van der Waals surface area contributed by atoms with Crippen LogP contribution in [-0.4, -0.2) is 17.6 Å². The molecule has 0 aliphatic heterocycles. The topological polar surface area (TPSA) is 38.3 Å². The molecule has 1 N–H and O–H groups in total. The summed E-state index contributed by atoms with van der Waals surface area (Å²) >= 11 is 0. The number of carbonyl (C=O) groups is 1. The Hall–Kier alpha value is -1.42. The molecule has 0 aromatic heterocycles. The molecule has 1 aliphatic rings. The lowest BCUT2D eigenvalue weighted by Crippen LogP contribution is -2.36. The van der Waals surface area contributed by atoms with Crippen LogP contribution < -0.4 is 5.32 Å². The van der Waals surface area contributed by atoms with Crippen molar-refractivity contribution in [3.8, 4) is 0 Å². The molecule has 1 saturated carbocycles. The molecule has 0 radical (unpaired) electrons. The molecule has 2 rings (SSSR count). The van der Waals surface area contributed by atoms with Gasteiger partial charge >= 0.3 is 5.97 Å². The van der Waals surface area contributed by atoms with E-state index in [0.29, 0.717) is 6.04 Å². The number of nitrogens with one attached hydrogen (secondary N) is 1. The fourth-order valence-corrected chi connectivity index (χ4v) is 2.78. The molecule has 0 spiro atoms. The minimum Gasteiger partial charge on any atom is -0.460 e. The van der Waals surface area contributed by atoms with Crippen LogP contribution in [0.5, 0.6) is 0 Å². The first-order valence-electron chi connectivity index (χ1n) is 8.04. The van der Waals surface area contributed by atoms with E-state index in [1.54, 1.807) is 12.1 Å². The van der Waals surface area contributed by atoms with E-state index in [2.05, 4.69) is 5.32 Å². The van der Waals surface area contributed by atoms with Crippen LogP contribution in [0.4, 0.5) is 4.39 Å². The monoisotopic (exact) mass is 307 g/mol. The van der Waals surface area contributed by atoms with Gasteiger partial charge in [0.1, 0.15) is 11.4 Å². The molecule has 1 aliphatic carbocycles. The highest BCUT2D eigenvalue weighted by molar-refractivity contribution is 5.73. The maximum Gasteiger partial charge on any atom is 0.309 e. The third-order valence-electron chi connectivity index (χ3n) is 3.98. The van der Waals surface area contributed by atoms with E-state index in [1.165, 1.54) is 12.1 Å². The number of carbonyl (C=O) groups excluding carboxylic acids is 1. The number of rotatable bonds is 4. The largest absolute Gasteiger partial charge is 0.460 e. The second-order valence-electron chi connectivity index (χ2n) is 7.09. The van der Waals surface area contributed by atoms with E-state index in [4.69, 9.17) is 4.74 Å². The van der Waals surface area contributed by atoms with Crippen LogP contribution >= 0.6 is 0 Å². The highest BCUT2D eigenvalue weighted by atomic mass is 19.1. The predicted molar refractivity (Wildman–Crippen MR) is 84.8 cm³/mol. The predicted octanol–water partition coefficient (Wildman–Crippen LogP) is 3.82. The molecular formula is C18H26FNO2. The van der Waals surface area contributed by atoms with Gasteiger partial charge in [0.25, 0.3) is 0 Å². The van der Waals surface area contributed by atoms with Crippen LogP contribution in [0.3, 0.4) is 0 Å². The SMILES string of the molecule is CC(C)(C)OC(=O)C1CCC(NCc2ccc(F)cc2)CC1. The quantitative estimate of drug-likeness (QED) is 0.860. The zero-order valence-electron chi connectivity index (χ0n) is 13.7. The highest BCUT2D eigenvalue weighted by Gasteiger charge is 2.29. The van der Waals surface area contributed by atoms with Crippen LogP contribution in [0.1, 0.15) is 52.0 Å². The van der Waals surface area contributed by atoms with Gasteiger partial charge in [0.05, 0.1) is 5.92 Å². The van der Waals surface area contributed by atoms with E-state index in [0.717, 1.165) is 37.8 Å². The summed E-state index contributed by atoms with van der Waals surface area (Å²) in [5.41, 5.74) is 0.671. The van der Waals surface area contributed by atoms with Gasteiger partial charge in [-0.05, 0) is 64.2 Å². The van der Waals surface area contributed by atoms with Crippen LogP contribution in [0, 0.1) is 11.7 Å². The van der Waals surface area contributed by atoms with Crippen molar-refractivity contribution in [3.05, 3.63) is 35.6 Å². The van der Waals surface area contributed by atoms with Crippen LogP contribution in [0.2, 0.25) is 0 Å². The van der Waals surface area contributed by atoms with Crippen molar-refractivity contribution in [1.82, 2.24) is 5.32 Å². The third kappa shape index (κ3) is 5.41. The van der Waals surface area contributed by atoms with Gasteiger partial charge < -0.3 is 10.1 Å². The zero-order valence-corrected chi connectivity index (χ0v) is 13.7. The summed E-state index contributed by atoms with van der Waals surface area (Å²) in [7, 11) is 0. The zero-order chi connectivity index (χ0) is 16.2. The summed E-state index contributed by atoms with van der Waals surface area (Å²) in [5, 5.41) is 3.49. The van der Waals surface area contributed by atoms with Gasteiger partial charge in [-0.2, -0.15) is 0 Å². The van der Waals surface area contributed by atoms with E-state index < -0.39 is 5.60 Å². The van der Waals surface area contributed by atoms with Crippen molar-refractivity contribution in [2.75, 3.05) is 0 Å². The lowest BCUT2D eigenvalue weighted by Gasteiger charge is -2.30. The summed E-state index contributed by atoms with van der Waals surface area (Å²) in [5.74, 6) is -0.241. The van der Waals surface area contributed by atoms with Gasteiger partial charge in [-0.1, -0.05) is 12.1 Å². The highest BCUT2D eigenvalue weighted by Crippen LogP contribution is 2.27. The second kappa shape index (κ2) is 7.23. The molecule has 1 fully saturated rings. The molecule has 0 saturated heterocycles. The molecule has 0 atom stereocenters. The number of ether oxygens (including phenoxy) is 1. The Morgan fingerprint density at radius 1 is 1.18 bits per heavy atom. The standard InChI is InChI=1S/C18H26FNO2/c1-18(2,3)22-17(21)14-6-10-16(11-7-14)20-12-13-4-8-15(19)9-5-13/h4-5,8-9,14,16,20H,6-7,10-12H2,1-3H3. The normalized spacial score (nSPS) is 22.4. The number of esters is 1. The van der Waals surface area contributed by atoms with Gasteiger partial charge in [-0.3, -0.25) is 4.79 Å². The molecule has 1 aromatic carbocycles. The average molecular weight is 307 g/mol. The molecule has 0 amide bonds. The smallest absolute Gasteiger partial charge is 0.309 e.